The van der Waals surface area contributed by atoms with Crippen LogP contribution in [0.5, 0.6) is 0 Å². The molecule has 0 bridgehead atoms. The molecule has 1 atom stereocenters. The van der Waals surface area contributed by atoms with Gasteiger partial charge in [-0.2, -0.15) is 0 Å². The molecule has 32 heavy (non-hydrogen) atoms. The molecule has 0 heterocycles. The third-order valence-electron chi connectivity index (χ3n) is 6.51. The molecule has 0 spiro atoms. The number of benzene rings is 2. The first-order chi connectivity index (χ1) is 15.4. The fourth-order valence-corrected chi connectivity index (χ4v) is 4.59. The van der Waals surface area contributed by atoms with E-state index in [0.717, 1.165) is 28.7 Å². The maximum absolute atomic E-state index is 12.7. The van der Waals surface area contributed by atoms with Crippen molar-refractivity contribution in [2.45, 2.75) is 56.5 Å². The van der Waals surface area contributed by atoms with Gasteiger partial charge in [-0.15, -0.1) is 0 Å². The molecule has 7 nitrogen and oxygen atoms in total. The second kappa shape index (κ2) is 9.02. The van der Waals surface area contributed by atoms with E-state index < -0.39 is 29.6 Å². The molecule has 0 unspecified atom stereocenters. The molecule has 0 aromatic heterocycles. The highest BCUT2D eigenvalue weighted by Gasteiger charge is 2.46. The lowest BCUT2D eigenvalue weighted by Gasteiger charge is -2.39. The topological polar surface area (TPSA) is 105 Å². The van der Waals surface area contributed by atoms with Crippen molar-refractivity contribution in [2.24, 2.45) is 0 Å². The number of carboxylic acid groups (broad SMARTS) is 1. The highest BCUT2D eigenvalue weighted by Crippen LogP contribution is 2.44. The Kier molecular flexibility index (Phi) is 6.17. The van der Waals surface area contributed by atoms with Crippen molar-refractivity contribution in [3.8, 4) is 11.1 Å². The van der Waals surface area contributed by atoms with Crippen molar-refractivity contribution >= 4 is 18.0 Å². The van der Waals surface area contributed by atoms with Gasteiger partial charge < -0.3 is 20.5 Å². The van der Waals surface area contributed by atoms with Crippen molar-refractivity contribution in [1.82, 2.24) is 10.6 Å². The minimum absolute atomic E-state index is 0.0724. The van der Waals surface area contributed by atoms with Crippen LogP contribution in [-0.2, 0) is 14.3 Å². The highest BCUT2D eigenvalue weighted by atomic mass is 16.5. The van der Waals surface area contributed by atoms with E-state index in [1.807, 2.05) is 43.3 Å². The maximum Gasteiger partial charge on any atom is 0.407 e. The van der Waals surface area contributed by atoms with Gasteiger partial charge in [0, 0.05) is 5.92 Å². The Labute approximate surface area is 187 Å². The van der Waals surface area contributed by atoms with E-state index in [-0.39, 0.29) is 12.5 Å². The minimum Gasteiger partial charge on any atom is -0.480 e. The molecular formula is C25H28N2O5. The Morgan fingerprint density at radius 1 is 1.06 bits per heavy atom. The van der Waals surface area contributed by atoms with Crippen molar-refractivity contribution in [2.75, 3.05) is 6.61 Å². The van der Waals surface area contributed by atoms with Crippen LogP contribution in [-0.4, -0.2) is 41.3 Å². The summed E-state index contributed by atoms with van der Waals surface area (Å²) < 4.78 is 5.54. The molecule has 0 saturated heterocycles. The molecule has 0 aliphatic heterocycles. The summed E-state index contributed by atoms with van der Waals surface area (Å²) >= 11 is 0. The lowest BCUT2D eigenvalue weighted by Crippen LogP contribution is -2.62. The molecule has 2 aliphatic carbocycles. The minimum atomic E-state index is -1.22. The third kappa shape index (κ3) is 4.07. The second-order valence-electron chi connectivity index (χ2n) is 8.54. The summed E-state index contributed by atoms with van der Waals surface area (Å²) in [6.45, 7) is 2.05. The van der Waals surface area contributed by atoms with E-state index in [2.05, 4.69) is 22.8 Å². The Hall–Kier alpha value is -3.35. The number of alkyl carbamates (subject to hydrolysis) is 1. The zero-order valence-corrected chi connectivity index (χ0v) is 18.1. The Balaban J connectivity index is 1.40. The number of fused-ring (bicyclic) bond motifs is 3. The summed E-state index contributed by atoms with van der Waals surface area (Å²) in [5.74, 6) is -1.59. The first-order valence-corrected chi connectivity index (χ1v) is 11.1. The second-order valence-corrected chi connectivity index (χ2v) is 8.54. The number of amides is 2. The number of hydrogen-bond acceptors (Lipinski definition) is 4. The van der Waals surface area contributed by atoms with Crippen LogP contribution >= 0.6 is 0 Å². The van der Waals surface area contributed by atoms with Crippen LogP contribution in [0.15, 0.2) is 48.5 Å². The molecule has 3 N–H and O–H groups in total. The molecule has 7 heteroatoms. The Bertz CT molecular complexity index is 985. The van der Waals surface area contributed by atoms with Gasteiger partial charge in [0.1, 0.15) is 18.2 Å². The number of carbonyl (C=O) groups excluding carboxylic acids is 2. The van der Waals surface area contributed by atoms with Gasteiger partial charge in [0.25, 0.3) is 0 Å². The fraction of sp³-hybridized carbons (Fsp3) is 0.400. The first-order valence-electron chi connectivity index (χ1n) is 11.1. The van der Waals surface area contributed by atoms with Crippen LogP contribution in [0.4, 0.5) is 4.79 Å². The predicted octanol–water partition coefficient (Wildman–Crippen LogP) is 3.82. The molecule has 1 saturated carbocycles. The zero-order chi connectivity index (χ0) is 22.7. The van der Waals surface area contributed by atoms with Crippen LogP contribution in [0, 0.1) is 0 Å². The van der Waals surface area contributed by atoms with Gasteiger partial charge in [0.15, 0.2) is 0 Å². The summed E-state index contributed by atoms with van der Waals surface area (Å²) in [4.78, 5) is 36.9. The predicted molar refractivity (Wildman–Crippen MR) is 119 cm³/mol. The number of ether oxygens (including phenoxy) is 1. The van der Waals surface area contributed by atoms with Crippen molar-refractivity contribution in [3.63, 3.8) is 0 Å². The lowest BCUT2D eigenvalue weighted by atomic mass is 9.76. The van der Waals surface area contributed by atoms with E-state index in [9.17, 15) is 19.5 Å². The van der Waals surface area contributed by atoms with Crippen LogP contribution in [0.2, 0.25) is 0 Å². The van der Waals surface area contributed by atoms with E-state index >= 15 is 0 Å². The molecule has 4 rings (SSSR count). The molecule has 2 aromatic carbocycles. The number of carbonyl (C=O) groups is 3. The van der Waals surface area contributed by atoms with E-state index in [0.29, 0.717) is 25.7 Å². The van der Waals surface area contributed by atoms with Gasteiger partial charge >= 0.3 is 12.1 Å². The maximum atomic E-state index is 12.7. The van der Waals surface area contributed by atoms with Gasteiger partial charge in [-0.3, -0.25) is 4.79 Å². The third-order valence-corrected chi connectivity index (χ3v) is 6.51. The quantitative estimate of drug-likeness (QED) is 0.584. The summed E-state index contributed by atoms with van der Waals surface area (Å²) in [5.41, 5.74) is 3.28. The number of rotatable bonds is 8. The lowest BCUT2D eigenvalue weighted by molar-refractivity contribution is -0.152. The van der Waals surface area contributed by atoms with Gasteiger partial charge in [0.2, 0.25) is 5.91 Å². The van der Waals surface area contributed by atoms with E-state index in [1.165, 1.54) is 0 Å². The molecule has 0 radical (unpaired) electrons. The summed E-state index contributed by atoms with van der Waals surface area (Å²) in [7, 11) is 0. The Morgan fingerprint density at radius 3 is 2.16 bits per heavy atom. The van der Waals surface area contributed by atoms with Gasteiger partial charge in [-0.1, -0.05) is 61.9 Å². The van der Waals surface area contributed by atoms with Gasteiger partial charge in [-0.25, -0.2) is 9.59 Å². The summed E-state index contributed by atoms with van der Waals surface area (Å²) in [6, 6.07) is 15.3. The molecule has 2 aliphatic rings. The van der Waals surface area contributed by atoms with Crippen LogP contribution in [0.3, 0.4) is 0 Å². The van der Waals surface area contributed by atoms with Crippen molar-refractivity contribution in [3.05, 3.63) is 59.7 Å². The number of aliphatic carboxylic acids is 1. The summed E-state index contributed by atoms with van der Waals surface area (Å²) in [5, 5.41) is 14.7. The fourth-order valence-electron chi connectivity index (χ4n) is 4.59. The average molecular weight is 437 g/mol. The SMILES string of the molecule is CCC[C@@H](NC(=O)OCC1c2ccccc2-c2ccccc21)C(=O)NC1(C(=O)O)CCC1. The number of nitrogens with one attached hydrogen (secondary N) is 2. The highest BCUT2D eigenvalue weighted by molar-refractivity contribution is 5.91. The van der Waals surface area contributed by atoms with Crippen LogP contribution in [0.1, 0.15) is 56.1 Å². The van der Waals surface area contributed by atoms with Gasteiger partial charge in [-0.05, 0) is 47.9 Å². The smallest absolute Gasteiger partial charge is 0.407 e. The van der Waals surface area contributed by atoms with Crippen LogP contribution in [0.25, 0.3) is 11.1 Å². The standard InChI is InChI=1S/C25H28N2O5/c1-2-8-21(22(28)27-25(23(29)30)13-7-14-25)26-24(31)32-15-20-18-11-5-3-9-16(18)17-10-4-6-12-19(17)20/h3-6,9-12,20-21H,2,7-8,13-15H2,1H3,(H,26,31)(H,27,28)(H,29,30)/t21-/m1/s1. The average Bonchev–Trinajstić information content (AvgIpc) is 3.08. The first kappa shape index (κ1) is 21.9. The normalized spacial score (nSPS) is 16.8. The largest absolute Gasteiger partial charge is 0.480 e. The number of carboxylic acids is 1. The van der Waals surface area contributed by atoms with E-state index in [1.54, 1.807) is 0 Å². The summed E-state index contributed by atoms with van der Waals surface area (Å²) in [6.07, 6.45) is 1.92. The van der Waals surface area contributed by atoms with E-state index in [4.69, 9.17) is 4.74 Å². The molecule has 2 amide bonds. The number of hydrogen-bond donors (Lipinski definition) is 3. The molecule has 168 valence electrons. The van der Waals surface area contributed by atoms with Crippen molar-refractivity contribution in [1.29, 1.82) is 0 Å². The monoisotopic (exact) mass is 436 g/mol. The molecule has 2 aromatic rings. The zero-order valence-electron chi connectivity index (χ0n) is 18.1. The van der Waals surface area contributed by atoms with Crippen molar-refractivity contribution < 1.29 is 24.2 Å². The molecule has 1 fully saturated rings. The molecular weight excluding hydrogens is 408 g/mol. The van der Waals surface area contributed by atoms with Gasteiger partial charge in [0.05, 0.1) is 0 Å². The van der Waals surface area contributed by atoms with Crippen LogP contribution < -0.4 is 10.6 Å². The Morgan fingerprint density at radius 2 is 1.66 bits per heavy atom.